The number of oxazole rings is 1. The van der Waals surface area contributed by atoms with E-state index in [2.05, 4.69) is 0 Å². The Morgan fingerprint density at radius 2 is 1.86 bits per heavy atom. The first-order valence-corrected chi connectivity index (χ1v) is 9.29. The summed E-state index contributed by atoms with van der Waals surface area (Å²) < 4.78 is 13.9. The number of para-hydroxylation sites is 4. The van der Waals surface area contributed by atoms with Gasteiger partial charge in [0.25, 0.3) is 5.52 Å². The van der Waals surface area contributed by atoms with Crippen LogP contribution in [0.4, 0.5) is 5.69 Å². The number of anilines is 1. The number of rotatable bonds is 6. The van der Waals surface area contributed by atoms with Gasteiger partial charge >= 0.3 is 5.89 Å². The number of aromatic nitrogens is 1. The molecule has 1 aliphatic heterocycles. The lowest BCUT2D eigenvalue weighted by atomic mass is 10.2. The second kappa shape index (κ2) is 7.88. The van der Waals surface area contributed by atoms with Crippen LogP contribution in [-0.4, -0.2) is 30.0 Å². The quantitative estimate of drug-likeness (QED) is 0.645. The minimum Gasteiger partial charge on any atom is -0.439 e. The molecule has 144 valence electrons. The SMILES string of the molecule is CC(=C/c1oc2ccccc2[n+]1CCO)/C=C1/Oc2ccccc2N1CCO. The normalized spacial score (nSPS) is 15.3. The van der Waals surface area contributed by atoms with Gasteiger partial charge in [0.2, 0.25) is 11.5 Å². The van der Waals surface area contributed by atoms with Gasteiger partial charge < -0.3 is 24.3 Å². The van der Waals surface area contributed by atoms with Crippen molar-refractivity contribution in [3.05, 3.63) is 72.0 Å². The minimum absolute atomic E-state index is 0.0257. The van der Waals surface area contributed by atoms with Crippen molar-refractivity contribution < 1.29 is 23.9 Å². The van der Waals surface area contributed by atoms with Crippen LogP contribution in [0.3, 0.4) is 0 Å². The van der Waals surface area contributed by atoms with E-state index >= 15 is 0 Å². The molecule has 0 spiro atoms. The number of aliphatic hydroxyl groups excluding tert-OH is 2. The second-order valence-corrected chi connectivity index (χ2v) is 6.60. The highest BCUT2D eigenvalue weighted by Crippen LogP contribution is 2.38. The van der Waals surface area contributed by atoms with E-state index < -0.39 is 0 Å². The maximum Gasteiger partial charge on any atom is 0.374 e. The summed E-state index contributed by atoms with van der Waals surface area (Å²) >= 11 is 0. The molecule has 2 aromatic carbocycles. The highest BCUT2D eigenvalue weighted by atomic mass is 16.5. The van der Waals surface area contributed by atoms with E-state index in [4.69, 9.17) is 9.15 Å². The van der Waals surface area contributed by atoms with Crippen molar-refractivity contribution in [1.82, 2.24) is 0 Å². The van der Waals surface area contributed by atoms with Crippen LogP contribution in [0.15, 0.2) is 70.5 Å². The van der Waals surface area contributed by atoms with Crippen molar-refractivity contribution in [3.63, 3.8) is 0 Å². The molecule has 1 aliphatic rings. The van der Waals surface area contributed by atoms with Crippen molar-refractivity contribution >= 4 is 22.9 Å². The van der Waals surface area contributed by atoms with Crippen LogP contribution in [0.5, 0.6) is 5.75 Å². The molecular formula is C22H23N2O4+. The molecule has 1 aromatic heterocycles. The number of allylic oxidation sites excluding steroid dienone is 2. The van der Waals surface area contributed by atoms with Gasteiger partial charge in [-0.2, -0.15) is 4.57 Å². The lowest BCUT2D eigenvalue weighted by Gasteiger charge is -2.16. The molecular weight excluding hydrogens is 356 g/mol. The summed E-state index contributed by atoms with van der Waals surface area (Å²) in [6.45, 7) is 2.92. The Balaban J connectivity index is 1.70. The Labute approximate surface area is 163 Å². The number of ether oxygens (including phenoxy) is 1. The van der Waals surface area contributed by atoms with Crippen LogP contribution in [0, 0.1) is 0 Å². The van der Waals surface area contributed by atoms with Crippen LogP contribution >= 0.6 is 0 Å². The van der Waals surface area contributed by atoms with Gasteiger partial charge in [-0.1, -0.05) is 24.3 Å². The molecule has 0 radical (unpaired) electrons. The van der Waals surface area contributed by atoms with Crippen molar-refractivity contribution in [2.75, 3.05) is 24.7 Å². The molecule has 0 fully saturated rings. The lowest BCUT2D eigenvalue weighted by molar-refractivity contribution is -0.679. The molecule has 6 heteroatoms. The number of benzene rings is 2. The van der Waals surface area contributed by atoms with Crippen molar-refractivity contribution in [2.45, 2.75) is 13.5 Å². The van der Waals surface area contributed by atoms with E-state index in [0.29, 0.717) is 24.9 Å². The summed E-state index contributed by atoms with van der Waals surface area (Å²) in [6.07, 6.45) is 3.85. The average molecular weight is 379 g/mol. The third-order valence-electron chi connectivity index (χ3n) is 4.62. The van der Waals surface area contributed by atoms with E-state index in [1.807, 2.05) is 77.1 Å². The first-order chi connectivity index (χ1) is 13.7. The Bertz CT molecular complexity index is 1050. The number of hydrogen-bond donors (Lipinski definition) is 2. The maximum absolute atomic E-state index is 9.43. The standard InChI is InChI=1S/C22H23N2O4/c1-16(14-21-23(10-12-25)17-6-2-4-8-19(17)27-21)15-22-24(11-13-26)18-7-3-5-9-20(18)28-22/h2-9,14-15,25-26H,10-13H2,1H3/q+1. The molecule has 2 heterocycles. The zero-order valence-corrected chi connectivity index (χ0v) is 15.7. The molecule has 0 atom stereocenters. The molecule has 0 bridgehead atoms. The summed E-state index contributed by atoms with van der Waals surface area (Å²) in [5.74, 6) is 2.09. The molecule has 0 amide bonds. The number of hydrogen-bond acceptors (Lipinski definition) is 5. The van der Waals surface area contributed by atoms with E-state index in [9.17, 15) is 10.2 Å². The lowest BCUT2D eigenvalue weighted by Crippen LogP contribution is -2.37. The van der Waals surface area contributed by atoms with E-state index in [0.717, 1.165) is 28.1 Å². The van der Waals surface area contributed by atoms with Crippen LogP contribution in [0.1, 0.15) is 12.8 Å². The van der Waals surface area contributed by atoms with Crippen molar-refractivity contribution in [2.24, 2.45) is 0 Å². The van der Waals surface area contributed by atoms with Gasteiger partial charge in [-0.05, 0) is 30.7 Å². The molecule has 0 saturated carbocycles. The highest BCUT2D eigenvalue weighted by Gasteiger charge is 2.26. The summed E-state index contributed by atoms with van der Waals surface area (Å²) in [7, 11) is 0. The second-order valence-electron chi connectivity index (χ2n) is 6.60. The van der Waals surface area contributed by atoms with Crippen LogP contribution < -0.4 is 14.2 Å². The first kappa shape index (κ1) is 18.3. The van der Waals surface area contributed by atoms with Gasteiger partial charge in [0.15, 0.2) is 12.3 Å². The summed E-state index contributed by atoms with van der Waals surface area (Å²) in [5, 5.41) is 18.9. The van der Waals surface area contributed by atoms with Gasteiger partial charge in [-0.3, -0.25) is 0 Å². The predicted octanol–water partition coefficient (Wildman–Crippen LogP) is 2.85. The van der Waals surface area contributed by atoms with E-state index in [-0.39, 0.29) is 13.2 Å². The third-order valence-corrected chi connectivity index (χ3v) is 4.62. The molecule has 3 aromatic rings. The number of nitrogens with zero attached hydrogens (tertiary/aromatic N) is 2. The fraction of sp³-hybridized carbons (Fsp3) is 0.227. The van der Waals surface area contributed by atoms with Crippen LogP contribution in [0.2, 0.25) is 0 Å². The zero-order valence-electron chi connectivity index (χ0n) is 15.7. The molecule has 2 N–H and O–H groups in total. The fourth-order valence-electron chi connectivity index (χ4n) is 3.41. The van der Waals surface area contributed by atoms with Gasteiger partial charge in [-0.15, -0.1) is 0 Å². The van der Waals surface area contributed by atoms with E-state index in [1.165, 1.54) is 0 Å². The largest absolute Gasteiger partial charge is 0.439 e. The Hall–Kier alpha value is -3.09. The summed E-state index contributed by atoms with van der Waals surface area (Å²) in [6, 6.07) is 15.5. The topological polar surface area (TPSA) is 70.0 Å². The average Bonchev–Trinajstić information content (AvgIpc) is 3.21. The molecule has 4 rings (SSSR count). The summed E-state index contributed by atoms with van der Waals surface area (Å²) in [4.78, 5) is 1.95. The van der Waals surface area contributed by atoms with Gasteiger partial charge in [0.05, 0.1) is 18.4 Å². The Morgan fingerprint density at radius 3 is 2.68 bits per heavy atom. The van der Waals surface area contributed by atoms with Gasteiger partial charge in [0, 0.05) is 18.7 Å². The number of β-amino-alcohol motifs (C(OH)–C–C–N with tert-alkyl or cyclic N) is 1. The molecule has 0 aliphatic carbocycles. The molecule has 6 nitrogen and oxygen atoms in total. The third kappa shape index (κ3) is 3.40. The molecule has 28 heavy (non-hydrogen) atoms. The zero-order chi connectivity index (χ0) is 19.5. The van der Waals surface area contributed by atoms with Crippen molar-refractivity contribution in [1.29, 1.82) is 0 Å². The highest BCUT2D eigenvalue weighted by molar-refractivity contribution is 5.70. The molecule has 0 saturated heterocycles. The number of fused-ring (bicyclic) bond motifs is 2. The Morgan fingerprint density at radius 1 is 1.07 bits per heavy atom. The first-order valence-electron chi connectivity index (χ1n) is 9.29. The van der Waals surface area contributed by atoms with E-state index in [1.54, 1.807) is 0 Å². The predicted molar refractivity (Wildman–Crippen MR) is 107 cm³/mol. The van der Waals surface area contributed by atoms with Gasteiger partial charge in [-0.25, -0.2) is 0 Å². The van der Waals surface area contributed by atoms with Crippen LogP contribution in [0.25, 0.3) is 17.2 Å². The monoisotopic (exact) mass is 379 g/mol. The van der Waals surface area contributed by atoms with Gasteiger partial charge in [0.1, 0.15) is 6.61 Å². The summed E-state index contributed by atoms with van der Waals surface area (Å²) in [5.41, 5.74) is 3.58. The molecule has 0 unspecified atom stereocenters. The fourth-order valence-corrected chi connectivity index (χ4v) is 3.41. The minimum atomic E-state index is 0.0257. The Kier molecular flexibility index (Phi) is 5.14. The maximum atomic E-state index is 9.43. The smallest absolute Gasteiger partial charge is 0.374 e. The van der Waals surface area contributed by atoms with Crippen molar-refractivity contribution in [3.8, 4) is 5.75 Å². The number of aliphatic hydroxyl groups is 2. The van der Waals surface area contributed by atoms with Crippen LogP contribution in [-0.2, 0) is 6.54 Å².